The molecule has 2 fully saturated rings. The third-order valence-electron chi connectivity index (χ3n) is 5.16. The van der Waals surface area contributed by atoms with Crippen molar-refractivity contribution in [1.82, 2.24) is 29.7 Å². The maximum Gasteiger partial charge on any atom is 0.320 e. The van der Waals surface area contributed by atoms with Gasteiger partial charge in [0, 0.05) is 45.8 Å². The molecule has 25 heavy (non-hydrogen) atoms. The fraction of sp³-hybridized carbons (Fsp3) is 0.500. The van der Waals surface area contributed by atoms with Crippen molar-refractivity contribution in [2.75, 3.05) is 33.2 Å². The second kappa shape index (κ2) is 6.84. The Kier molecular flexibility index (Phi) is 4.40. The molecule has 0 unspecified atom stereocenters. The van der Waals surface area contributed by atoms with E-state index in [1.54, 1.807) is 4.80 Å². The minimum atomic E-state index is 0.184. The molecule has 1 aromatic heterocycles. The summed E-state index contributed by atoms with van der Waals surface area (Å²) in [4.78, 5) is 20.1. The summed E-state index contributed by atoms with van der Waals surface area (Å²) in [5.41, 5.74) is 1.96. The molecule has 0 bridgehead atoms. The molecule has 3 heterocycles. The Bertz CT molecular complexity index is 722. The number of likely N-dealkylation sites (N-methyl/N-ethyl adjacent to an activating group) is 1. The number of benzene rings is 1. The molecule has 0 saturated carbocycles. The van der Waals surface area contributed by atoms with Gasteiger partial charge in [-0.25, -0.2) is 4.79 Å². The van der Waals surface area contributed by atoms with Crippen LogP contribution in [0.25, 0.3) is 5.69 Å². The highest BCUT2D eigenvalue weighted by Crippen LogP contribution is 2.21. The van der Waals surface area contributed by atoms with E-state index in [1.165, 1.54) is 0 Å². The zero-order chi connectivity index (χ0) is 17.2. The zero-order valence-electron chi connectivity index (χ0n) is 14.6. The molecule has 0 spiro atoms. The first kappa shape index (κ1) is 16.1. The number of carbonyl (C=O) groups excluding carboxylic acids is 1. The fourth-order valence-electron chi connectivity index (χ4n) is 3.68. The zero-order valence-corrected chi connectivity index (χ0v) is 14.6. The number of piperidine rings is 1. The Labute approximate surface area is 147 Å². The van der Waals surface area contributed by atoms with Gasteiger partial charge in [-0.15, -0.1) is 0 Å². The molecule has 132 valence electrons. The number of urea groups is 1. The van der Waals surface area contributed by atoms with Gasteiger partial charge in [0.1, 0.15) is 0 Å². The number of aromatic nitrogens is 3. The molecule has 4 rings (SSSR count). The fourth-order valence-corrected chi connectivity index (χ4v) is 3.68. The highest BCUT2D eigenvalue weighted by atomic mass is 16.2. The maximum atomic E-state index is 12.1. The van der Waals surface area contributed by atoms with E-state index in [-0.39, 0.29) is 6.03 Å². The van der Waals surface area contributed by atoms with Gasteiger partial charge in [-0.05, 0) is 25.0 Å². The molecular formula is C18H24N6O. The van der Waals surface area contributed by atoms with Gasteiger partial charge in [0.25, 0.3) is 0 Å². The van der Waals surface area contributed by atoms with Gasteiger partial charge in [-0.1, -0.05) is 18.2 Å². The summed E-state index contributed by atoms with van der Waals surface area (Å²) in [6.07, 6.45) is 3.91. The highest BCUT2D eigenvalue weighted by molar-refractivity contribution is 5.76. The highest BCUT2D eigenvalue weighted by Gasteiger charge is 2.33. The predicted molar refractivity (Wildman–Crippen MR) is 94.4 cm³/mol. The second-order valence-electron chi connectivity index (χ2n) is 6.87. The van der Waals surface area contributed by atoms with Crippen molar-refractivity contribution >= 4 is 6.03 Å². The van der Waals surface area contributed by atoms with Crippen LogP contribution in [0, 0.1) is 0 Å². The van der Waals surface area contributed by atoms with Crippen molar-refractivity contribution < 1.29 is 4.79 Å². The summed E-state index contributed by atoms with van der Waals surface area (Å²) in [5, 5.41) is 8.95. The van der Waals surface area contributed by atoms with Crippen LogP contribution in [0.1, 0.15) is 18.5 Å². The number of rotatable bonds is 4. The molecule has 2 aliphatic rings. The lowest BCUT2D eigenvalue weighted by molar-refractivity contribution is 0.127. The average Bonchev–Trinajstić information content (AvgIpc) is 3.24. The molecule has 0 N–H and O–H groups in total. The third kappa shape index (κ3) is 3.37. The quantitative estimate of drug-likeness (QED) is 0.848. The Balaban J connectivity index is 1.32. The Morgan fingerprint density at radius 3 is 2.52 bits per heavy atom. The second-order valence-corrected chi connectivity index (χ2v) is 6.87. The Hall–Kier alpha value is -2.41. The first-order valence-corrected chi connectivity index (χ1v) is 8.91. The number of hydrogen-bond donors (Lipinski definition) is 0. The van der Waals surface area contributed by atoms with Crippen molar-refractivity contribution in [2.24, 2.45) is 0 Å². The first-order chi connectivity index (χ1) is 12.2. The summed E-state index contributed by atoms with van der Waals surface area (Å²) in [6, 6.07) is 10.5. The molecule has 7 nitrogen and oxygen atoms in total. The molecule has 1 aromatic carbocycles. The molecular weight excluding hydrogens is 316 g/mol. The van der Waals surface area contributed by atoms with E-state index in [0.29, 0.717) is 6.04 Å². The standard InChI is InChI=1S/C18H24N6O/c1-21-11-12-23(18(21)25)16-7-9-22(10-8-16)14-15-13-19-24(20-15)17-5-3-2-4-6-17/h2-6,13,16H,7-12,14H2,1H3. The van der Waals surface area contributed by atoms with E-state index in [0.717, 1.165) is 56.9 Å². The van der Waals surface area contributed by atoms with Gasteiger partial charge in [-0.3, -0.25) is 4.90 Å². The number of para-hydroxylation sites is 1. The van der Waals surface area contributed by atoms with Crippen LogP contribution in [0.5, 0.6) is 0 Å². The van der Waals surface area contributed by atoms with E-state index >= 15 is 0 Å². The molecule has 2 aromatic rings. The summed E-state index contributed by atoms with van der Waals surface area (Å²) in [6.45, 7) is 4.52. The monoisotopic (exact) mass is 340 g/mol. The lowest BCUT2D eigenvalue weighted by atomic mass is 10.0. The molecule has 0 atom stereocenters. The number of hydrogen-bond acceptors (Lipinski definition) is 4. The predicted octanol–water partition coefficient (Wildman–Crippen LogP) is 1.60. The summed E-state index contributed by atoms with van der Waals surface area (Å²) < 4.78 is 0. The molecule has 2 aliphatic heterocycles. The van der Waals surface area contributed by atoms with E-state index in [2.05, 4.69) is 15.1 Å². The topological polar surface area (TPSA) is 57.5 Å². The van der Waals surface area contributed by atoms with E-state index in [4.69, 9.17) is 0 Å². The van der Waals surface area contributed by atoms with Crippen LogP contribution in [-0.4, -0.2) is 75.0 Å². The number of likely N-dealkylation sites (tertiary alicyclic amines) is 1. The maximum absolute atomic E-state index is 12.1. The van der Waals surface area contributed by atoms with Crippen molar-refractivity contribution in [3.8, 4) is 5.69 Å². The lowest BCUT2D eigenvalue weighted by Gasteiger charge is -2.36. The van der Waals surface area contributed by atoms with Crippen LogP contribution in [-0.2, 0) is 6.54 Å². The lowest BCUT2D eigenvalue weighted by Crippen LogP contribution is -2.46. The smallest absolute Gasteiger partial charge is 0.320 e. The minimum absolute atomic E-state index is 0.184. The van der Waals surface area contributed by atoms with Gasteiger partial charge >= 0.3 is 6.03 Å². The Morgan fingerprint density at radius 2 is 1.84 bits per heavy atom. The summed E-state index contributed by atoms with van der Waals surface area (Å²) >= 11 is 0. The SMILES string of the molecule is CN1CCN(C2CCN(Cc3cnn(-c4ccccc4)n3)CC2)C1=O. The van der Waals surface area contributed by atoms with Gasteiger partial charge < -0.3 is 9.80 Å². The van der Waals surface area contributed by atoms with Crippen molar-refractivity contribution in [3.05, 3.63) is 42.2 Å². The third-order valence-corrected chi connectivity index (χ3v) is 5.16. The van der Waals surface area contributed by atoms with E-state index < -0.39 is 0 Å². The van der Waals surface area contributed by atoms with Crippen LogP contribution in [0.15, 0.2) is 36.5 Å². The first-order valence-electron chi connectivity index (χ1n) is 8.91. The van der Waals surface area contributed by atoms with Gasteiger partial charge in [0.05, 0.1) is 17.6 Å². The number of carbonyl (C=O) groups is 1. The average molecular weight is 340 g/mol. The molecule has 7 heteroatoms. The van der Waals surface area contributed by atoms with Crippen LogP contribution in [0.2, 0.25) is 0 Å². The van der Waals surface area contributed by atoms with E-state index in [9.17, 15) is 4.79 Å². The number of amides is 2. The summed E-state index contributed by atoms with van der Waals surface area (Å²) in [5.74, 6) is 0. The Morgan fingerprint density at radius 1 is 1.08 bits per heavy atom. The van der Waals surface area contributed by atoms with Crippen LogP contribution in [0.3, 0.4) is 0 Å². The van der Waals surface area contributed by atoms with Gasteiger partial charge in [-0.2, -0.15) is 15.0 Å². The minimum Gasteiger partial charge on any atom is -0.326 e. The molecule has 2 saturated heterocycles. The molecule has 0 radical (unpaired) electrons. The van der Waals surface area contributed by atoms with Gasteiger partial charge in [0.2, 0.25) is 0 Å². The van der Waals surface area contributed by atoms with E-state index in [1.807, 2.05) is 53.4 Å². The van der Waals surface area contributed by atoms with Crippen molar-refractivity contribution in [1.29, 1.82) is 0 Å². The van der Waals surface area contributed by atoms with Crippen molar-refractivity contribution in [3.63, 3.8) is 0 Å². The number of nitrogens with zero attached hydrogens (tertiary/aromatic N) is 6. The molecule has 0 aliphatic carbocycles. The normalized spacial score (nSPS) is 19.8. The molecule has 2 amide bonds. The van der Waals surface area contributed by atoms with Crippen LogP contribution < -0.4 is 0 Å². The van der Waals surface area contributed by atoms with Gasteiger partial charge in [0.15, 0.2) is 0 Å². The summed E-state index contributed by atoms with van der Waals surface area (Å²) in [7, 11) is 1.88. The van der Waals surface area contributed by atoms with Crippen molar-refractivity contribution in [2.45, 2.75) is 25.4 Å². The van der Waals surface area contributed by atoms with Crippen LogP contribution >= 0.6 is 0 Å². The van der Waals surface area contributed by atoms with Crippen LogP contribution in [0.4, 0.5) is 4.79 Å². The largest absolute Gasteiger partial charge is 0.326 e.